The van der Waals surface area contributed by atoms with Crippen LogP contribution in [0.15, 0.2) is 24.3 Å². The van der Waals surface area contributed by atoms with Gasteiger partial charge < -0.3 is 15.4 Å². The first-order valence-corrected chi connectivity index (χ1v) is 9.73. The van der Waals surface area contributed by atoms with Gasteiger partial charge in [-0.05, 0) is 56.5 Å². The van der Waals surface area contributed by atoms with Crippen LogP contribution in [0.1, 0.15) is 51.0 Å². The predicted octanol–water partition coefficient (Wildman–Crippen LogP) is 3.54. The van der Waals surface area contributed by atoms with E-state index in [2.05, 4.69) is 40.7 Å². The van der Waals surface area contributed by atoms with Gasteiger partial charge in [-0.2, -0.15) is 0 Å². The van der Waals surface area contributed by atoms with Crippen molar-refractivity contribution in [3.63, 3.8) is 0 Å². The van der Waals surface area contributed by atoms with Gasteiger partial charge in [0.2, 0.25) is 0 Å². The minimum absolute atomic E-state index is 0.0861. The lowest BCUT2D eigenvalue weighted by molar-refractivity contribution is 0.220. The molecule has 1 aliphatic heterocycles. The number of hydrogen-bond donors (Lipinski definition) is 2. The van der Waals surface area contributed by atoms with Crippen molar-refractivity contribution < 1.29 is 9.53 Å². The number of unbranched alkanes of at least 4 members (excludes halogenated alkanes) is 1. The standard InChI is InChI=1S/C20H33N3O2/c1-2-3-11-21-20(24)22-12-8-15-25-19-10-7-9-18(16-19)17-23-13-5-4-6-14-23/h7,9-10,16H,2-6,8,11-15,17H2,1H3,(H2,21,22,24). The maximum absolute atomic E-state index is 11.5. The first kappa shape index (κ1) is 19.6. The number of carbonyl (C=O) groups excluding carboxylic acids is 1. The number of rotatable bonds is 10. The summed E-state index contributed by atoms with van der Waals surface area (Å²) in [5, 5.41) is 5.70. The Morgan fingerprint density at radius 2 is 1.88 bits per heavy atom. The van der Waals surface area contributed by atoms with Gasteiger partial charge in [-0.1, -0.05) is 31.9 Å². The smallest absolute Gasteiger partial charge is 0.314 e. The lowest BCUT2D eigenvalue weighted by Gasteiger charge is -2.26. The number of urea groups is 1. The van der Waals surface area contributed by atoms with Crippen molar-refractivity contribution in [3.05, 3.63) is 29.8 Å². The monoisotopic (exact) mass is 347 g/mol. The summed E-state index contributed by atoms with van der Waals surface area (Å²) in [5.41, 5.74) is 1.31. The molecule has 0 bridgehead atoms. The van der Waals surface area contributed by atoms with E-state index in [0.717, 1.165) is 38.1 Å². The van der Waals surface area contributed by atoms with Crippen molar-refractivity contribution >= 4 is 6.03 Å². The van der Waals surface area contributed by atoms with E-state index in [0.29, 0.717) is 13.2 Å². The summed E-state index contributed by atoms with van der Waals surface area (Å²) < 4.78 is 5.83. The number of nitrogens with zero attached hydrogens (tertiary/aromatic N) is 1. The summed E-state index contributed by atoms with van der Waals surface area (Å²) in [7, 11) is 0. The molecule has 5 nitrogen and oxygen atoms in total. The van der Waals surface area contributed by atoms with Crippen LogP contribution in [-0.4, -0.2) is 43.7 Å². The molecule has 0 saturated carbocycles. The van der Waals surface area contributed by atoms with Gasteiger partial charge in [-0.3, -0.25) is 4.90 Å². The molecule has 1 saturated heterocycles. The first-order chi connectivity index (χ1) is 12.3. The van der Waals surface area contributed by atoms with Crippen LogP contribution in [0, 0.1) is 0 Å². The second-order valence-electron chi connectivity index (χ2n) is 6.72. The number of hydrogen-bond acceptors (Lipinski definition) is 3. The molecule has 5 heteroatoms. The van der Waals surface area contributed by atoms with Gasteiger partial charge in [-0.25, -0.2) is 4.79 Å². The van der Waals surface area contributed by atoms with Crippen molar-refractivity contribution in [2.45, 2.75) is 52.0 Å². The third kappa shape index (κ3) is 8.25. The fourth-order valence-electron chi connectivity index (χ4n) is 3.01. The molecule has 0 unspecified atom stereocenters. The van der Waals surface area contributed by atoms with Crippen molar-refractivity contribution in [1.29, 1.82) is 0 Å². The van der Waals surface area contributed by atoms with E-state index in [9.17, 15) is 4.79 Å². The third-order valence-electron chi connectivity index (χ3n) is 4.44. The highest BCUT2D eigenvalue weighted by Crippen LogP contribution is 2.17. The number of carbonyl (C=O) groups is 1. The normalized spacial score (nSPS) is 14.9. The molecule has 1 aliphatic rings. The summed E-state index contributed by atoms with van der Waals surface area (Å²) in [6.45, 7) is 7.51. The molecule has 0 atom stereocenters. The average molecular weight is 348 g/mol. The SMILES string of the molecule is CCCCNC(=O)NCCCOc1cccc(CN2CCCCC2)c1. The van der Waals surface area contributed by atoms with Crippen LogP contribution in [0.3, 0.4) is 0 Å². The van der Waals surface area contributed by atoms with Gasteiger partial charge in [0.25, 0.3) is 0 Å². The van der Waals surface area contributed by atoms with Gasteiger partial charge in [0.05, 0.1) is 6.61 Å². The van der Waals surface area contributed by atoms with Crippen molar-refractivity contribution in [3.8, 4) is 5.75 Å². The predicted molar refractivity (Wildman–Crippen MR) is 102 cm³/mol. The van der Waals surface area contributed by atoms with Crippen LogP contribution in [-0.2, 0) is 6.54 Å². The molecular weight excluding hydrogens is 314 g/mol. The molecule has 1 aromatic carbocycles. The molecule has 0 radical (unpaired) electrons. The second kappa shape index (κ2) is 11.7. The zero-order valence-electron chi connectivity index (χ0n) is 15.6. The first-order valence-electron chi connectivity index (χ1n) is 9.73. The maximum atomic E-state index is 11.5. The molecule has 2 N–H and O–H groups in total. The fourth-order valence-corrected chi connectivity index (χ4v) is 3.01. The average Bonchev–Trinajstić information content (AvgIpc) is 2.63. The summed E-state index contributed by atoms with van der Waals surface area (Å²) >= 11 is 0. The number of ether oxygens (including phenoxy) is 1. The number of benzene rings is 1. The van der Waals surface area contributed by atoms with Gasteiger partial charge in [0.15, 0.2) is 0 Å². The van der Waals surface area contributed by atoms with E-state index in [1.165, 1.54) is 37.9 Å². The molecule has 140 valence electrons. The van der Waals surface area contributed by atoms with Crippen LogP contribution in [0.4, 0.5) is 4.79 Å². The molecule has 0 aromatic heterocycles. The molecular formula is C20H33N3O2. The quantitative estimate of drug-likeness (QED) is 0.637. The molecule has 0 spiro atoms. The molecule has 1 aromatic rings. The largest absolute Gasteiger partial charge is 0.494 e. The minimum Gasteiger partial charge on any atom is -0.494 e. The highest BCUT2D eigenvalue weighted by atomic mass is 16.5. The Morgan fingerprint density at radius 3 is 2.64 bits per heavy atom. The van der Waals surface area contributed by atoms with E-state index in [1.54, 1.807) is 0 Å². The molecule has 1 fully saturated rings. The van der Waals surface area contributed by atoms with E-state index >= 15 is 0 Å². The molecule has 1 heterocycles. The van der Waals surface area contributed by atoms with Crippen LogP contribution in [0.2, 0.25) is 0 Å². The Bertz CT molecular complexity index is 501. The Hall–Kier alpha value is -1.75. The Balaban J connectivity index is 1.60. The Kier molecular flexibility index (Phi) is 9.19. The van der Waals surface area contributed by atoms with Gasteiger partial charge >= 0.3 is 6.03 Å². The van der Waals surface area contributed by atoms with E-state index in [1.807, 2.05) is 6.07 Å². The van der Waals surface area contributed by atoms with E-state index in [-0.39, 0.29) is 6.03 Å². The molecule has 0 aliphatic carbocycles. The number of nitrogens with one attached hydrogen (secondary N) is 2. The van der Waals surface area contributed by atoms with Crippen LogP contribution < -0.4 is 15.4 Å². The van der Waals surface area contributed by atoms with Crippen LogP contribution >= 0.6 is 0 Å². The van der Waals surface area contributed by atoms with Gasteiger partial charge in [0, 0.05) is 19.6 Å². The van der Waals surface area contributed by atoms with Crippen molar-refractivity contribution in [2.24, 2.45) is 0 Å². The van der Waals surface area contributed by atoms with Crippen LogP contribution in [0.25, 0.3) is 0 Å². The van der Waals surface area contributed by atoms with E-state index < -0.39 is 0 Å². The van der Waals surface area contributed by atoms with Crippen molar-refractivity contribution in [2.75, 3.05) is 32.8 Å². The number of likely N-dealkylation sites (tertiary alicyclic amines) is 1. The second-order valence-corrected chi connectivity index (χ2v) is 6.72. The topological polar surface area (TPSA) is 53.6 Å². The molecule has 2 rings (SSSR count). The zero-order chi connectivity index (χ0) is 17.7. The summed E-state index contributed by atoms with van der Waals surface area (Å²) in [5.74, 6) is 0.918. The lowest BCUT2D eigenvalue weighted by Crippen LogP contribution is -2.36. The third-order valence-corrected chi connectivity index (χ3v) is 4.44. The summed E-state index contributed by atoms with van der Waals surface area (Å²) in [6.07, 6.45) is 6.90. The maximum Gasteiger partial charge on any atom is 0.314 e. The molecule has 2 amide bonds. The minimum atomic E-state index is -0.0861. The summed E-state index contributed by atoms with van der Waals surface area (Å²) in [4.78, 5) is 14.0. The van der Waals surface area contributed by atoms with Crippen LogP contribution in [0.5, 0.6) is 5.75 Å². The van der Waals surface area contributed by atoms with Gasteiger partial charge in [-0.15, -0.1) is 0 Å². The Labute approximate surface area is 152 Å². The highest BCUT2D eigenvalue weighted by molar-refractivity contribution is 5.73. The zero-order valence-corrected chi connectivity index (χ0v) is 15.6. The van der Waals surface area contributed by atoms with Gasteiger partial charge in [0.1, 0.15) is 5.75 Å². The van der Waals surface area contributed by atoms with Crippen molar-refractivity contribution in [1.82, 2.24) is 15.5 Å². The number of amides is 2. The Morgan fingerprint density at radius 1 is 1.12 bits per heavy atom. The molecule has 25 heavy (non-hydrogen) atoms. The highest BCUT2D eigenvalue weighted by Gasteiger charge is 2.10. The fraction of sp³-hybridized carbons (Fsp3) is 0.650. The summed E-state index contributed by atoms with van der Waals surface area (Å²) in [6, 6.07) is 8.29. The van der Waals surface area contributed by atoms with E-state index in [4.69, 9.17) is 4.74 Å². The number of piperidine rings is 1. The lowest BCUT2D eigenvalue weighted by atomic mass is 10.1.